The van der Waals surface area contributed by atoms with Gasteiger partial charge in [-0.3, -0.25) is 9.69 Å². The van der Waals surface area contributed by atoms with Gasteiger partial charge < -0.3 is 15.1 Å². The number of likely N-dealkylation sites (tertiary alicyclic amines) is 1. The molecule has 0 spiro atoms. The third-order valence-electron chi connectivity index (χ3n) is 4.62. The Morgan fingerprint density at radius 2 is 1.65 bits per heavy atom. The maximum absolute atomic E-state index is 10.8. The molecule has 2 rings (SSSR count). The van der Waals surface area contributed by atoms with Gasteiger partial charge in [0.05, 0.1) is 0 Å². The molecule has 2 fully saturated rings. The van der Waals surface area contributed by atoms with Crippen molar-refractivity contribution < 1.29 is 4.79 Å². The number of hydrogen-bond donors (Lipinski definition) is 1. The number of rotatable bonds is 5. The van der Waals surface area contributed by atoms with Gasteiger partial charge >= 0.3 is 0 Å². The average Bonchev–Trinajstić information content (AvgIpc) is 2.43. The van der Waals surface area contributed by atoms with Crippen LogP contribution in [0.2, 0.25) is 0 Å². The first-order valence-electron chi connectivity index (χ1n) is 8.01. The van der Waals surface area contributed by atoms with Gasteiger partial charge in [-0.05, 0) is 38.9 Å². The molecule has 2 aliphatic heterocycles. The van der Waals surface area contributed by atoms with E-state index < -0.39 is 0 Å². The van der Waals surface area contributed by atoms with Gasteiger partial charge in [0.25, 0.3) is 0 Å². The van der Waals surface area contributed by atoms with Gasteiger partial charge in [0.1, 0.15) is 0 Å². The molecule has 2 heterocycles. The second-order valence-electron chi connectivity index (χ2n) is 6.37. The van der Waals surface area contributed by atoms with Crippen LogP contribution in [0, 0.1) is 5.92 Å². The maximum atomic E-state index is 10.8. The van der Waals surface area contributed by atoms with Crippen LogP contribution in [-0.4, -0.2) is 86.6 Å². The Hall–Kier alpha value is -0.650. The molecule has 0 aliphatic carbocycles. The van der Waals surface area contributed by atoms with E-state index in [1.165, 1.54) is 45.6 Å². The predicted octanol–water partition coefficient (Wildman–Crippen LogP) is 0.0819. The average molecular weight is 282 g/mol. The van der Waals surface area contributed by atoms with Gasteiger partial charge in [-0.2, -0.15) is 0 Å². The number of nitrogens with zero attached hydrogens (tertiary/aromatic N) is 3. The van der Waals surface area contributed by atoms with Gasteiger partial charge in [-0.1, -0.05) is 0 Å². The lowest BCUT2D eigenvalue weighted by molar-refractivity contribution is -0.119. The van der Waals surface area contributed by atoms with E-state index >= 15 is 0 Å². The van der Waals surface area contributed by atoms with Crippen molar-refractivity contribution in [3.8, 4) is 0 Å². The summed E-state index contributed by atoms with van der Waals surface area (Å²) in [5.74, 6) is 0.975. The molecule has 0 aromatic carbocycles. The Balaban J connectivity index is 1.58. The van der Waals surface area contributed by atoms with E-state index in [2.05, 4.69) is 27.1 Å². The molecule has 5 heteroatoms. The lowest BCUT2D eigenvalue weighted by Gasteiger charge is -2.38. The van der Waals surface area contributed by atoms with Crippen LogP contribution in [0.4, 0.5) is 0 Å². The molecule has 5 nitrogen and oxygen atoms in total. The third-order valence-corrected chi connectivity index (χ3v) is 4.62. The molecular weight excluding hydrogens is 252 g/mol. The van der Waals surface area contributed by atoms with Crippen LogP contribution in [0.5, 0.6) is 0 Å². The molecule has 20 heavy (non-hydrogen) atoms. The number of hydrogen-bond acceptors (Lipinski definition) is 4. The molecule has 0 unspecified atom stereocenters. The zero-order valence-corrected chi connectivity index (χ0v) is 13.1. The van der Waals surface area contributed by atoms with E-state index in [4.69, 9.17) is 0 Å². The Morgan fingerprint density at radius 3 is 2.25 bits per heavy atom. The van der Waals surface area contributed by atoms with Crippen LogP contribution in [0.3, 0.4) is 0 Å². The van der Waals surface area contributed by atoms with Crippen molar-refractivity contribution in [3.63, 3.8) is 0 Å². The zero-order chi connectivity index (χ0) is 14.4. The molecular formula is C15H30N4O. The molecule has 0 bridgehead atoms. The van der Waals surface area contributed by atoms with Crippen molar-refractivity contribution in [2.24, 2.45) is 5.92 Å². The van der Waals surface area contributed by atoms with E-state index in [0.29, 0.717) is 0 Å². The molecule has 1 amide bonds. The Morgan fingerprint density at radius 1 is 1.05 bits per heavy atom. The summed E-state index contributed by atoms with van der Waals surface area (Å²) >= 11 is 0. The normalized spacial score (nSPS) is 23.9. The minimum absolute atomic E-state index is 0.0749. The summed E-state index contributed by atoms with van der Waals surface area (Å²) in [5, 5.41) is 2.87. The highest BCUT2D eigenvalue weighted by Gasteiger charge is 2.22. The highest BCUT2D eigenvalue weighted by atomic mass is 16.1. The summed E-state index contributed by atoms with van der Waals surface area (Å²) in [5.41, 5.74) is 0. The van der Waals surface area contributed by atoms with Crippen molar-refractivity contribution in [1.82, 2.24) is 20.0 Å². The Labute approximate surface area is 123 Å². The van der Waals surface area contributed by atoms with Crippen molar-refractivity contribution in [1.29, 1.82) is 0 Å². The van der Waals surface area contributed by atoms with Crippen LogP contribution >= 0.6 is 0 Å². The van der Waals surface area contributed by atoms with Crippen LogP contribution in [0.15, 0.2) is 0 Å². The summed E-state index contributed by atoms with van der Waals surface area (Å²) in [6.07, 6.45) is 2.72. The molecule has 0 aromatic rings. The van der Waals surface area contributed by atoms with E-state index in [1.54, 1.807) is 6.92 Å². The lowest BCUT2D eigenvalue weighted by Crippen LogP contribution is -2.50. The number of carbonyl (C=O) groups excluding carboxylic acids is 1. The number of amides is 1. The summed E-state index contributed by atoms with van der Waals surface area (Å²) in [4.78, 5) is 18.4. The zero-order valence-electron chi connectivity index (χ0n) is 13.1. The largest absolute Gasteiger partial charge is 0.355 e. The van der Waals surface area contributed by atoms with Crippen LogP contribution in [-0.2, 0) is 4.79 Å². The van der Waals surface area contributed by atoms with E-state index in [-0.39, 0.29) is 5.91 Å². The molecule has 0 atom stereocenters. The van der Waals surface area contributed by atoms with E-state index in [0.717, 1.165) is 32.1 Å². The monoisotopic (exact) mass is 282 g/mol. The predicted molar refractivity (Wildman–Crippen MR) is 81.8 cm³/mol. The molecule has 0 radical (unpaired) electrons. The summed E-state index contributed by atoms with van der Waals surface area (Å²) in [6, 6.07) is 0. The first-order chi connectivity index (χ1) is 9.63. The Kier molecular flexibility index (Phi) is 6.26. The smallest absolute Gasteiger partial charge is 0.216 e. The number of piperidine rings is 1. The highest BCUT2D eigenvalue weighted by molar-refractivity contribution is 5.72. The quantitative estimate of drug-likeness (QED) is 0.775. The van der Waals surface area contributed by atoms with Crippen molar-refractivity contribution in [3.05, 3.63) is 0 Å². The summed E-state index contributed by atoms with van der Waals surface area (Å²) in [7, 11) is 2.23. The fraction of sp³-hybridized carbons (Fsp3) is 0.933. The maximum Gasteiger partial charge on any atom is 0.216 e. The van der Waals surface area contributed by atoms with E-state index in [9.17, 15) is 4.79 Å². The van der Waals surface area contributed by atoms with Crippen molar-refractivity contribution >= 4 is 5.91 Å². The molecule has 116 valence electrons. The first-order valence-corrected chi connectivity index (χ1v) is 8.01. The summed E-state index contributed by atoms with van der Waals surface area (Å²) < 4.78 is 0. The minimum Gasteiger partial charge on any atom is -0.355 e. The molecule has 0 aromatic heterocycles. The Bertz CT molecular complexity index is 294. The highest BCUT2D eigenvalue weighted by Crippen LogP contribution is 2.18. The summed E-state index contributed by atoms with van der Waals surface area (Å²) in [6.45, 7) is 11.8. The van der Waals surface area contributed by atoms with E-state index in [1.807, 2.05) is 0 Å². The van der Waals surface area contributed by atoms with Gasteiger partial charge in [-0.25, -0.2) is 0 Å². The molecule has 0 saturated carbocycles. The van der Waals surface area contributed by atoms with Crippen LogP contribution in [0.25, 0.3) is 0 Å². The molecule has 2 aliphatic rings. The van der Waals surface area contributed by atoms with Crippen molar-refractivity contribution in [2.45, 2.75) is 19.8 Å². The first kappa shape index (κ1) is 15.7. The minimum atomic E-state index is 0.0749. The van der Waals surface area contributed by atoms with Crippen LogP contribution < -0.4 is 5.32 Å². The number of piperazine rings is 1. The van der Waals surface area contributed by atoms with Gasteiger partial charge in [0, 0.05) is 52.7 Å². The lowest BCUT2D eigenvalue weighted by atomic mass is 9.96. The topological polar surface area (TPSA) is 38.8 Å². The second-order valence-corrected chi connectivity index (χ2v) is 6.37. The second kappa shape index (κ2) is 7.96. The SMILES string of the molecule is CC(=O)NCCN1CCN(CC2CCN(C)CC2)CC1. The van der Waals surface area contributed by atoms with Gasteiger partial charge in [-0.15, -0.1) is 0 Å². The van der Waals surface area contributed by atoms with Gasteiger partial charge in [0.15, 0.2) is 0 Å². The molecule has 2 saturated heterocycles. The number of carbonyl (C=O) groups is 1. The fourth-order valence-corrected chi connectivity index (χ4v) is 3.20. The van der Waals surface area contributed by atoms with Gasteiger partial charge in [0.2, 0.25) is 5.91 Å². The van der Waals surface area contributed by atoms with Crippen molar-refractivity contribution in [2.75, 3.05) is 66.0 Å². The number of nitrogens with one attached hydrogen (secondary N) is 1. The fourth-order valence-electron chi connectivity index (χ4n) is 3.20. The standard InChI is InChI=1S/C15H30N4O/c1-14(20)16-5-8-18-9-11-19(12-10-18)13-15-3-6-17(2)7-4-15/h15H,3-13H2,1-2H3,(H,16,20). The van der Waals surface area contributed by atoms with Crippen LogP contribution in [0.1, 0.15) is 19.8 Å². The third kappa shape index (κ3) is 5.38. The molecule has 1 N–H and O–H groups in total.